The second kappa shape index (κ2) is 9.27. The molecule has 11 nitrogen and oxygen atoms in total. The Balaban J connectivity index is 1.43. The fraction of sp³-hybridized carbons (Fsp3) is 0.200. The highest BCUT2D eigenvalue weighted by Crippen LogP contribution is 2.31. The van der Waals surface area contributed by atoms with Crippen LogP contribution in [0.2, 0.25) is 0 Å². The molecule has 3 heterocycles. The number of nitrogens with one attached hydrogen (secondary N) is 2. The molecule has 4 rings (SSSR count). The molecule has 0 aliphatic rings. The van der Waals surface area contributed by atoms with E-state index in [-0.39, 0.29) is 16.3 Å². The van der Waals surface area contributed by atoms with Crippen LogP contribution in [0, 0.1) is 0 Å². The minimum Gasteiger partial charge on any atom is -0.342 e. The zero-order chi connectivity index (χ0) is 26.3. The van der Waals surface area contributed by atoms with Crippen LogP contribution in [-0.4, -0.2) is 50.5 Å². The van der Waals surface area contributed by atoms with Crippen molar-refractivity contribution < 1.29 is 31.2 Å². The summed E-state index contributed by atoms with van der Waals surface area (Å²) in [5, 5.41) is 10.2. The molecule has 0 saturated carbocycles. The van der Waals surface area contributed by atoms with E-state index in [2.05, 4.69) is 30.7 Å². The first-order valence-corrected chi connectivity index (χ1v) is 12.3. The van der Waals surface area contributed by atoms with Crippen LogP contribution in [-0.2, 0) is 16.9 Å². The molecule has 2 N–H and O–H groups in total. The number of nitrogens with zero attached hydrogens (tertiary/aromatic N) is 5. The summed E-state index contributed by atoms with van der Waals surface area (Å²) in [5.74, 6) is -1.10. The second-order valence-electron chi connectivity index (χ2n) is 7.41. The number of amides is 2. The van der Waals surface area contributed by atoms with Gasteiger partial charge in [0.15, 0.2) is 5.65 Å². The monoisotopic (exact) mass is 539 g/mol. The molecule has 0 aliphatic heterocycles. The van der Waals surface area contributed by atoms with E-state index in [1.165, 1.54) is 23.4 Å². The summed E-state index contributed by atoms with van der Waals surface area (Å²) in [5.41, 5.74) is -4.73. The largest absolute Gasteiger partial charge is 0.501 e. The lowest BCUT2D eigenvalue weighted by molar-refractivity contribution is -0.0436. The van der Waals surface area contributed by atoms with Gasteiger partial charge < -0.3 is 10.6 Å². The van der Waals surface area contributed by atoms with Crippen LogP contribution < -0.4 is 10.6 Å². The molecule has 0 bridgehead atoms. The zero-order valence-electron chi connectivity index (χ0n) is 18.4. The molecule has 1 unspecified atom stereocenters. The number of carbonyl (C=O) groups excluding carboxylic acids is 2. The Labute approximate surface area is 205 Å². The van der Waals surface area contributed by atoms with E-state index in [1.54, 1.807) is 14.0 Å². The lowest BCUT2D eigenvalue weighted by atomic mass is 10.2. The quantitative estimate of drug-likeness (QED) is 0.380. The number of anilines is 1. The lowest BCUT2D eigenvalue weighted by Gasteiger charge is -2.11. The number of benzene rings is 1. The van der Waals surface area contributed by atoms with Crippen molar-refractivity contribution in [3.8, 4) is 0 Å². The molecule has 0 fully saturated rings. The number of fused-ring (bicyclic) bond motifs is 1. The highest BCUT2D eigenvalue weighted by atomic mass is 32.2. The topological polar surface area (TPSA) is 149 Å². The van der Waals surface area contributed by atoms with Crippen molar-refractivity contribution in [3.05, 3.63) is 58.6 Å². The molecule has 36 heavy (non-hydrogen) atoms. The molecule has 0 saturated heterocycles. The summed E-state index contributed by atoms with van der Waals surface area (Å²) in [7, 11) is -3.81. The summed E-state index contributed by atoms with van der Waals surface area (Å²) in [4.78, 5) is 36.8. The van der Waals surface area contributed by atoms with Crippen molar-refractivity contribution in [3.63, 3.8) is 0 Å². The zero-order valence-corrected chi connectivity index (χ0v) is 20.1. The molecule has 3 aromatic heterocycles. The Morgan fingerprint density at radius 2 is 1.75 bits per heavy atom. The standard InChI is InChI=1S/C20H16F3N7O4S2/c1-10(28-18(32)15-13-7-27-30(2)16(13)26-9-25-15)19-24-8-14(35-19)17(31)29-11-3-5-12(6-4-11)36(33,34)20(21,22)23/h3-10H,1-2H3,(H,28,32)(H,29,31). The third-order valence-corrected chi connectivity index (χ3v) is 7.62. The Morgan fingerprint density at radius 1 is 1.06 bits per heavy atom. The Bertz CT molecular complexity index is 1560. The van der Waals surface area contributed by atoms with E-state index < -0.39 is 38.1 Å². The first kappa shape index (κ1) is 25.2. The summed E-state index contributed by atoms with van der Waals surface area (Å²) < 4.78 is 62.4. The van der Waals surface area contributed by atoms with Gasteiger partial charge in [0, 0.05) is 12.7 Å². The van der Waals surface area contributed by atoms with E-state index >= 15 is 0 Å². The number of aromatic nitrogens is 5. The van der Waals surface area contributed by atoms with Crippen LogP contribution in [0.1, 0.15) is 38.1 Å². The van der Waals surface area contributed by atoms with Gasteiger partial charge in [0.1, 0.15) is 21.9 Å². The van der Waals surface area contributed by atoms with Crippen molar-refractivity contribution in [1.29, 1.82) is 0 Å². The number of rotatable bonds is 6. The maximum Gasteiger partial charge on any atom is 0.501 e. The highest BCUT2D eigenvalue weighted by molar-refractivity contribution is 7.92. The minimum atomic E-state index is -5.49. The average Bonchev–Trinajstić information content (AvgIpc) is 3.46. The van der Waals surface area contributed by atoms with Crippen LogP contribution in [0.15, 0.2) is 47.9 Å². The SMILES string of the molecule is CC(NC(=O)c1ncnc2c1cnn2C)c1ncc(C(=O)Nc2ccc(S(=O)(=O)C(F)(F)F)cc2)s1. The predicted molar refractivity (Wildman–Crippen MR) is 122 cm³/mol. The van der Waals surface area contributed by atoms with Crippen molar-refractivity contribution >= 4 is 49.7 Å². The molecular weight excluding hydrogens is 523 g/mol. The number of thiazole rings is 1. The van der Waals surface area contributed by atoms with Gasteiger partial charge in [-0.3, -0.25) is 14.3 Å². The van der Waals surface area contributed by atoms with Gasteiger partial charge in [-0.2, -0.15) is 18.3 Å². The molecule has 1 aromatic carbocycles. The molecule has 0 aliphatic carbocycles. The first-order chi connectivity index (χ1) is 16.9. The predicted octanol–water partition coefficient (Wildman–Crippen LogP) is 2.86. The van der Waals surface area contributed by atoms with Crippen LogP contribution in [0.5, 0.6) is 0 Å². The Morgan fingerprint density at radius 3 is 2.42 bits per heavy atom. The van der Waals surface area contributed by atoms with Crippen molar-refractivity contribution in [1.82, 2.24) is 30.0 Å². The van der Waals surface area contributed by atoms with E-state index in [0.717, 1.165) is 35.6 Å². The smallest absolute Gasteiger partial charge is 0.342 e. The molecule has 0 radical (unpaired) electrons. The molecule has 1 atom stereocenters. The van der Waals surface area contributed by atoms with E-state index in [1.807, 2.05) is 0 Å². The van der Waals surface area contributed by atoms with E-state index in [0.29, 0.717) is 16.0 Å². The van der Waals surface area contributed by atoms with Crippen LogP contribution in [0.4, 0.5) is 18.9 Å². The maximum atomic E-state index is 12.7. The van der Waals surface area contributed by atoms with Gasteiger partial charge in [-0.1, -0.05) is 0 Å². The van der Waals surface area contributed by atoms with Crippen LogP contribution in [0.25, 0.3) is 11.0 Å². The van der Waals surface area contributed by atoms with Gasteiger partial charge in [0.05, 0.1) is 28.7 Å². The normalized spacial score (nSPS) is 12.9. The van der Waals surface area contributed by atoms with Gasteiger partial charge >= 0.3 is 5.51 Å². The van der Waals surface area contributed by atoms with E-state index in [4.69, 9.17) is 0 Å². The maximum absolute atomic E-state index is 12.7. The van der Waals surface area contributed by atoms with Gasteiger partial charge in [-0.15, -0.1) is 11.3 Å². The Kier molecular flexibility index (Phi) is 6.48. The minimum absolute atomic E-state index is 0.0849. The molecule has 2 amide bonds. The fourth-order valence-electron chi connectivity index (χ4n) is 3.11. The summed E-state index contributed by atoms with van der Waals surface area (Å²) in [6, 6.07) is 3.00. The van der Waals surface area contributed by atoms with E-state index in [9.17, 15) is 31.2 Å². The average molecular weight is 540 g/mol. The van der Waals surface area contributed by atoms with Gasteiger partial charge in [0.2, 0.25) is 0 Å². The van der Waals surface area contributed by atoms with Crippen LogP contribution in [0.3, 0.4) is 0 Å². The second-order valence-corrected chi connectivity index (χ2v) is 10.4. The number of aryl methyl sites for hydroxylation is 1. The number of hydrogen-bond donors (Lipinski definition) is 2. The molecule has 0 spiro atoms. The van der Waals surface area contributed by atoms with Gasteiger partial charge in [-0.05, 0) is 31.2 Å². The summed E-state index contributed by atoms with van der Waals surface area (Å²) >= 11 is 0.992. The van der Waals surface area contributed by atoms with Crippen molar-refractivity contribution in [2.24, 2.45) is 7.05 Å². The number of halogens is 3. The number of alkyl halides is 3. The molecule has 16 heteroatoms. The number of hydrogen-bond acceptors (Lipinski definition) is 9. The fourth-order valence-corrected chi connectivity index (χ4v) is 4.68. The van der Waals surface area contributed by atoms with Gasteiger partial charge in [-0.25, -0.2) is 23.4 Å². The van der Waals surface area contributed by atoms with Gasteiger partial charge in [0.25, 0.3) is 21.7 Å². The number of sulfone groups is 1. The Hall–Kier alpha value is -3.92. The third kappa shape index (κ3) is 4.76. The molecule has 188 valence electrons. The summed E-state index contributed by atoms with van der Waals surface area (Å²) in [6.45, 7) is 1.67. The van der Waals surface area contributed by atoms with Crippen molar-refractivity contribution in [2.75, 3.05) is 5.32 Å². The highest BCUT2D eigenvalue weighted by Gasteiger charge is 2.46. The van der Waals surface area contributed by atoms with Crippen LogP contribution >= 0.6 is 11.3 Å². The number of carbonyl (C=O) groups is 2. The van der Waals surface area contributed by atoms with Crippen molar-refractivity contribution in [2.45, 2.75) is 23.4 Å². The summed E-state index contributed by atoms with van der Waals surface area (Å²) in [6.07, 6.45) is 4.01. The third-order valence-electron chi connectivity index (χ3n) is 4.94. The molecular formula is C20H16F3N7O4S2. The lowest BCUT2D eigenvalue weighted by Crippen LogP contribution is -2.27. The molecule has 4 aromatic rings. The first-order valence-electron chi connectivity index (χ1n) is 10.0.